The van der Waals surface area contributed by atoms with E-state index in [9.17, 15) is 14.0 Å². The summed E-state index contributed by atoms with van der Waals surface area (Å²) in [6.07, 6.45) is -0.228. The third-order valence-corrected chi connectivity index (χ3v) is 6.93. The molecular weight excluding hydrogens is 471 g/mol. The van der Waals surface area contributed by atoms with Gasteiger partial charge in [-0.25, -0.2) is 9.18 Å². The largest absolute Gasteiger partial charge is 0.465 e. The third kappa shape index (κ3) is 5.98. The van der Waals surface area contributed by atoms with Gasteiger partial charge in [0.15, 0.2) is 0 Å². The van der Waals surface area contributed by atoms with E-state index in [1.54, 1.807) is 12.1 Å². The van der Waals surface area contributed by atoms with E-state index in [1.807, 2.05) is 42.5 Å². The number of rotatable bonds is 8. The maximum absolute atomic E-state index is 13.3. The van der Waals surface area contributed by atoms with Crippen LogP contribution in [0, 0.1) is 11.7 Å². The molecule has 0 bridgehead atoms. The average molecular weight is 501 g/mol. The van der Waals surface area contributed by atoms with Gasteiger partial charge in [0.25, 0.3) is 5.91 Å². The van der Waals surface area contributed by atoms with Crippen molar-refractivity contribution in [1.29, 1.82) is 0 Å². The molecule has 0 unspecified atom stereocenters. The first-order valence-corrected chi connectivity index (χ1v) is 12.4. The highest BCUT2D eigenvalue weighted by atomic mass is 19.1. The van der Waals surface area contributed by atoms with Gasteiger partial charge in [-0.3, -0.25) is 9.69 Å². The molecule has 2 amide bonds. The van der Waals surface area contributed by atoms with Crippen molar-refractivity contribution in [2.75, 3.05) is 19.6 Å². The van der Waals surface area contributed by atoms with E-state index in [0.29, 0.717) is 18.8 Å². The summed E-state index contributed by atoms with van der Waals surface area (Å²) in [4.78, 5) is 29.5. The molecule has 1 saturated heterocycles. The average Bonchev–Trinajstić information content (AvgIpc) is 3.50. The van der Waals surface area contributed by atoms with Gasteiger partial charge in [-0.1, -0.05) is 54.6 Å². The number of nitrogens with zero attached hydrogens (tertiary/aromatic N) is 1. The first-order chi connectivity index (χ1) is 17.9. The van der Waals surface area contributed by atoms with Gasteiger partial charge in [0.05, 0.1) is 0 Å². The van der Waals surface area contributed by atoms with E-state index < -0.39 is 6.09 Å². The molecule has 190 valence electrons. The van der Waals surface area contributed by atoms with E-state index in [0.717, 1.165) is 41.5 Å². The number of hydrogen-bond donors (Lipinski definition) is 4. The molecular formula is C29H29FN4O3. The summed E-state index contributed by atoms with van der Waals surface area (Å²) in [5, 5.41) is 15.5. The topological polar surface area (TPSA) is 97.5 Å². The van der Waals surface area contributed by atoms with Crippen LogP contribution in [-0.2, 0) is 6.54 Å². The Kier molecular flexibility index (Phi) is 7.18. The quantitative estimate of drug-likeness (QED) is 0.278. The van der Waals surface area contributed by atoms with Crippen LogP contribution in [0.3, 0.4) is 0 Å². The van der Waals surface area contributed by atoms with Crippen molar-refractivity contribution >= 4 is 22.9 Å². The molecule has 7 nitrogen and oxygen atoms in total. The SMILES string of the molecule is O=C(O)NC[C@H]1C[C@@H](CNC(=O)c2cc3ccc(-c4ccc(F)cc4)cc3[nH]2)N(Cc2ccccc2)C1. The summed E-state index contributed by atoms with van der Waals surface area (Å²) in [6.45, 7) is 2.35. The van der Waals surface area contributed by atoms with Crippen LogP contribution in [0.15, 0.2) is 78.9 Å². The number of halogens is 1. The van der Waals surface area contributed by atoms with Gasteiger partial charge >= 0.3 is 6.09 Å². The summed E-state index contributed by atoms with van der Waals surface area (Å²) in [7, 11) is 0. The molecule has 4 aromatic rings. The Morgan fingerprint density at radius 1 is 0.946 bits per heavy atom. The number of H-pyrrole nitrogens is 1. The number of aromatic nitrogens is 1. The summed E-state index contributed by atoms with van der Waals surface area (Å²) < 4.78 is 13.3. The second kappa shape index (κ2) is 10.8. The molecule has 1 aliphatic heterocycles. The lowest BCUT2D eigenvalue weighted by molar-refractivity contribution is 0.0935. The number of amides is 2. The minimum absolute atomic E-state index is 0.0965. The molecule has 5 rings (SSSR count). The third-order valence-electron chi connectivity index (χ3n) is 6.93. The molecule has 4 N–H and O–H groups in total. The Bertz CT molecular complexity index is 1390. The number of carbonyl (C=O) groups is 2. The minimum atomic E-state index is -1.02. The number of likely N-dealkylation sites (tertiary alicyclic amines) is 1. The molecule has 0 aliphatic carbocycles. The lowest BCUT2D eigenvalue weighted by Crippen LogP contribution is -2.39. The van der Waals surface area contributed by atoms with Crippen LogP contribution in [0.25, 0.3) is 22.0 Å². The number of aromatic amines is 1. The van der Waals surface area contributed by atoms with Crippen LogP contribution < -0.4 is 10.6 Å². The fourth-order valence-corrected chi connectivity index (χ4v) is 5.07. The van der Waals surface area contributed by atoms with Crippen LogP contribution in [-0.4, -0.2) is 52.7 Å². The minimum Gasteiger partial charge on any atom is -0.465 e. The van der Waals surface area contributed by atoms with Gasteiger partial charge in [0, 0.05) is 43.1 Å². The molecule has 1 fully saturated rings. The van der Waals surface area contributed by atoms with Crippen molar-refractivity contribution < 1.29 is 19.1 Å². The summed E-state index contributed by atoms with van der Waals surface area (Å²) >= 11 is 0. The van der Waals surface area contributed by atoms with Crippen LogP contribution in [0.5, 0.6) is 0 Å². The summed E-state index contributed by atoms with van der Waals surface area (Å²) in [5.41, 5.74) is 4.32. The Labute approximate surface area is 214 Å². The monoisotopic (exact) mass is 500 g/mol. The maximum Gasteiger partial charge on any atom is 0.404 e. The highest BCUT2D eigenvalue weighted by molar-refractivity contribution is 5.98. The molecule has 3 aromatic carbocycles. The highest BCUT2D eigenvalue weighted by Gasteiger charge is 2.32. The molecule has 0 radical (unpaired) electrons. The molecule has 1 aromatic heterocycles. The van der Waals surface area contributed by atoms with Gasteiger partial charge in [-0.2, -0.15) is 0 Å². The fourth-order valence-electron chi connectivity index (χ4n) is 5.07. The molecule has 37 heavy (non-hydrogen) atoms. The van der Waals surface area contributed by atoms with Crippen molar-refractivity contribution in [2.45, 2.75) is 19.0 Å². The number of fused-ring (bicyclic) bond motifs is 1. The molecule has 0 spiro atoms. The Hall–Kier alpha value is -4.17. The zero-order valence-corrected chi connectivity index (χ0v) is 20.3. The van der Waals surface area contributed by atoms with Crippen molar-refractivity contribution in [1.82, 2.24) is 20.5 Å². The number of benzene rings is 3. The number of hydrogen-bond acceptors (Lipinski definition) is 3. The predicted molar refractivity (Wildman–Crippen MR) is 141 cm³/mol. The van der Waals surface area contributed by atoms with Gasteiger partial charge in [0.2, 0.25) is 0 Å². The summed E-state index contributed by atoms with van der Waals surface area (Å²) in [6, 6.07) is 24.2. The van der Waals surface area contributed by atoms with Crippen LogP contribution in [0.4, 0.5) is 9.18 Å². The summed E-state index contributed by atoms with van der Waals surface area (Å²) in [5.74, 6) is -0.288. The van der Waals surface area contributed by atoms with Crippen molar-refractivity contribution in [3.8, 4) is 11.1 Å². The Balaban J connectivity index is 1.26. The van der Waals surface area contributed by atoms with E-state index in [1.165, 1.54) is 17.7 Å². The normalized spacial score (nSPS) is 17.6. The van der Waals surface area contributed by atoms with Gasteiger partial charge in [-0.05, 0) is 53.3 Å². The number of carbonyl (C=O) groups excluding carboxylic acids is 1. The van der Waals surface area contributed by atoms with E-state index in [4.69, 9.17) is 5.11 Å². The number of carboxylic acid groups (broad SMARTS) is 1. The molecule has 2 atom stereocenters. The second-order valence-corrected chi connectivity index (χ2v) is 9.56. The van der Waals surface area contributed by atoms with Gasteiger partial charge in [0.1, 0.15) is 11.5 Å². The first-order valence-electron chi connectivity index (χ1n) is 12.4. The lowest BCUT2D eigenvalue weighted by atomic mass is 10.0. The predicted octanol–water partition coefficient (Wildman–Crippen LogP) is 4.86. The zero-order valence-electron chi connectivity index (χ0n) is 20.3. The van der Waals surface area contributed by atoms with Crippen molar-refractivity contribution in [3.63, 3.8) is 0 Å². The first kappa shape index (κ1) is 24.5. The van der Waals surface area contributed by atoms with Gasteiger partial charge < -0.3 is 20.7 Å². The van der Waals surface area contributed by atoms with E-state index in [-0.39, 0.29) is 23.7 Å². The molecule has 1 aliphatic rings. The van der Waals surface area contributed by atoms with Crippen LogP contribution in [0.1, 0.15) is 22.5 Å². The maximum atomic E-state index is 13.3. The Morgan fingerprint density at radius 2 is 1.70 bits per heavy atom. The van der Waals surface area contributed by atoms with E-state index in [2.05, 4.69) is 32.7 Å². The van der Waals surface area contributed by atoms with Crippen molar-refractivity contribution in [3.05, 3.63) is 95.9 Å². The lowest BCUT2D eigenvalue weighted by Gasteiger charge is -2.24. The molecule has 0 saturated carbocycles. The fraction of sp³-hybridized carbons (Fsp3) is 0.241. The van der Waals surface area contributed by atoms with Crippen molar-refractivity contribution in [2.24, 2.45) is 5.92 Å². The second-order valence-electron chi connectivity index (χ2n) is 9.56. The standard InChI is InChI=1S/C29H29FN4O3/c30-24-10-8-21(9-11-24)22-6-7-23-14-27(33-26(23)13-22)28(35)31-16-25-12-20(15-32-29(36)37)18-34(25)17-19-4-2-1-3-5-19/h1-11,13-14,20,25,32-33H,12,15-18H2,(H,31,35)(H,36,37)/t20-,25+/m1/s1. The Morgan fingerprint density at radius 3 is 2.46 bits per heavy atom. The molecule has 8 heteroatoms. The smallest absolute Gasteiger partial charge is 0.404 e. The van der Waals surface area contributed by atoms with Crippen LogP contribution in [0.2, 0.25) is 0 Å². The zero-order chi connectivity index (χ0) is 25.8. The van der Waals surface area contributed by atoms with Gasteiger partial charge in [-0.15, -0.1) is 0 Å². The highest BCUT2D eigenvalue weighted by Crippen LogP contribution is 2.26. The number of nitrogens with one attached hydrogen (secondary N) is 3. The van der Waals surface area contributed by atoms with Crippen LogP contribution >= 0.6 is 0 Å². The van der Waals surface area contributed by atoms with E-state index >= 15 is 0 Å². The molecule has 2 heterocycles.